The van der Waals surface area contributed by atoms with Crippen LogP contribution in [0.15, 0.2) is 30.5 Å². The molecule has 1 aliphatic rings. The number of hydrogen-bond acceptors (Lipinski definition) is 5. The van der Waals surface area contributed by atoms with Crippen molar-refractivity contribution in [3.05, 3.63) is 40.6 Å². The SMILES string of the molecule is O=[N+]([O-])c1cnc2ccccc2c1NC1CCCNCC1. The molecule has 1 aromatic carbocycles. The molecule has 0 aliphatic carbocycles. The van der Waals surface area contributed by atoms with E-state index in [1.807, 2.05) is 24.3 Å². The number of aromatic nitrogens is 1. The second-order valence-electron chi connectivity index (χ2n) is 5.31. The van der Waals surface area contributed by atoms with E-state index in [0.29, 0.717) is 5.69 Å². The van der Waals surface area contributed by atoms with Crippen LogP contribution in [-0.4, -0.2) is 29.0 Å². The predicted octanol–water partition coefficient (Wildman–Crippen LogP) is 2.70. The molecule has 6 nitrogen and oxygen atoms in total. The Kier molecular flexibility index (Phi) is 3.96. The van der Waals surface area contributed by atoms with Gasteiger partial charge in [0.25, 0.3) is 0 Å². The van der Waals surface area contributed by atoms with Gasteiger partial charge < -0.3 is 10.6 Å². The fraction of sp³-hybridized carbons (Fsp3) is 0.400. The molecule has 21 heavy (non-hydrogen) atoms. The summed E-state index contributed by atoms with van der Waals surface area (Å²) in [5, 5.41) is 18.8. The van der Waals surface area contributed by atoms with Crippen molar-refractivity contribution in [3.63, 3.8) is 0 Å². The Morgan fingerprint density at radius 3 is 3.00 bits per heavy atom. The Labute approximate surface area is 122 Å². The number of anilines is 1. The lowest BCUT2D eigenvalue weighted by atomic mass is 10.1. The van der Waals surface area contributed by atoms with Gasteiger partial charge in [-0.3, -0.25) is 10.1 Å². The Balaban J connectivity index is 2.01. The number of hydrogen-bond donors (Lipinski definition) is 2. The van der Waals surface area contributed by atoms with Crippen LogP contribution in [-0.2, 0) is 0 Å². The van der Waals surface area contributed by atoms with E-state index in [4.69, 9.17) is 0 Å². The molecule has 1 aromatic heterocycles. The van der Waals surface area contributed by atoms with Crippen molar-refractivity contribution < 1.29 is 4.92 Å². The number of benzene rings is 1. The molecular formula is C15H18N4O2. The first-order valence-electron chi connectivity index (χ1n) is 7.25. The van der Waals surface area contributed by atoms with Gasteiger partial charge in [-0.15, -0.1) is 0 Å². The highest BCUT2D eigenvalue weighted by atomic mass is 16.6. The molecule has 0 bridgehead atoms. The fourth-order valence-electron chi connectivity index (χ4n) is 2.79. The van der Waals surface area contributed by atoms with Crippen LogP contribution in [0.3, 0.4) is 0 Å². The highest BCUT2D eigenvalue weighted by Gasteiger charge is 2.21. The first-order valence-corrected chi connectivity index (χ1v) is 7.25. The lowest BCUT2D eigenvalue weighted by molar-refractivity contribution is -0.384. The van der Waals surface area contributed by atoms with Crippen LogP contribution in [0.4, 0.5) is 11.4 Å². The predicted molar refractivity (Wildman–Crippen MR) is 82.5 cm³/mol. The zero-order valence-electron chi connectivity index (χ0n) is 11.7. The molecule has 1 saturated heterocycles. The molecule has 2 aromatic rings. The number of nitrogens with zero attached hydrogens (tertiary/aromatic N) is 2. The first kappa shape index (κ1) is 13.8. The van der Waals surface area contributed by atoms with Gasteiger partial charge in [-0.05, 0) is 38.4 Å². The maximum Gasteiger partial charge on any atom is 0.311 e. The zero-order chi connectivity index (χ0) is 14.7. The smallest absolute Gasteiger partial charge is 0.311 e. The highest BCUT2D eigenvalue weighted by Crippen LogP contribution is 2.32. The van der Waals surface area contributed by atoms with E-state index in [-0.39, 0.29) is 16.7 Å². The third-order valence-corrected chi connectivity index (χ3v) is 3.88. The molecule has 0 spiro atoms. The standard InChI is InChI=1S/C15H18N4O2/c20-19(21)14-10-17-13-6-2-1-5-12(13)15(14)18-11-4-3-8-16-9-7-11/h1-2,5-6,10-11,16H,3-4,7-9H2,(H,17,18). The largest absolute Gasteiger partial charge is 0.376 e. The van der Waals surface area contributed by atoms with Gasteiger partial charge in [0, 0.05) is 11.4 Å². The van der Waals surface area contributed by atoms with Gasteiger partial charge in [-0.25, -0.2) is 4.98 Å². The van der Waals surface area contributed by atoms with Gasteiger partial charge in [-0.1, -0.05) is 18.2 Å². The maximum absolute atomic E-state index is 11.3. The van der Waals surface area contributed by atoms with Crippen molar-refractivity contribution in [1.29, 1.82) is 0 Å². The topological polar surface area (TPSA) is 80.1 Å². The average molecular weight is 286 g/mol. The number of fused-ring (bicyclic) bond motifs is 1. The van der Waals surface area contributed by atoms with Crippen LogP contribution < -0.4 is 10.6 Å². The Hall–Kier alpha value is -2.21. The molecule has 6 heteroatoms. The van der Waals surface area contributed by atoms with Crippen molar-refractivity contribution in [2.75, 3.05) is 18.4 Å². The second-order valence-corrected chi connectivity index (χ2v) is 5.31. The summed E-state index contributed by atoms with van der Waals surface area (Å²) in [6, 6.07) is 7.78. The van der Waals surface area contributed by atoms with E-state index in [0.717, 1.165) is 43.3 Å². The summed E-state index contributed by atoms with van der Waals surface area (Å²) in [5.74, 6) is 0. The summed E-state index contributed by atoms with van der Waals surface area (Å²) >= 11 is 0. The monoisotopic (exact) mass is 286 g/mol. The lowest BCUT2D eigenvalue weighted by Gasteiger charge is -2.18. The molecule has 1 fully saturated rings. The first-order chi connectivity index (χ1) is 10.3. The summed E-state index contributed by atoms with van der Waals surface area (Å²) < 4.78 is 0. The summed E-state index contributed by atoms with van der Waals surface area (Å²) in [4.78, 5) is 15.1. The molecule has 1 aliphatic heterocycles. The van der Waals surface area contributed by atoms with Crippen molar-refractivity contribution in [1.82, 2.24) is 10.3 Å². The molecule has 2 N–H and O–H groups in total. The van der Waals surface area contributed by atoms with E-state index in [1.54, 1.807) is 0 Å². The van der Waals surface area contributed by atoms with E-state index >= 15 is 0 Å². The molecule has 1 unspecified atom stereocenters. The van der Waals surface area contributed by atoms with E-state index < -0.39 is 0 Å². The van der Waals surface area contributed by atoms with Crippen LogP contribution in [0, 0.1) is 10.1 Å². The minimum Gasteiger partial charge on any atom is -0.376 e. The molecular weight excluding hydrogens is 268 g/mol. The summed E-state index contributed by atoms with van der Waals surface area (Å²) in [6.07, 6.45) is 4.41. The molecule has 3 rings (SSSR count). The maximum atomic E-state index is 11.3. The number of nitrogens with one attached hydrogen (secondary N) is 2. The van der Waals surface area contributed by atoms with Crippen LogP contribution >= 0.6 is 0 Å². The summed E-state index contributed by atoms with van der Waals surface area (Å²) in [6.45, 7) is 1.95. The minimum atomic E-state index is -0.364. The average Bonchev–Trinajstić information content (AvgIpc) is 2.76. The van der Waals surface area contributed by atoms with E-state index in [1.165, 1.54) is 6.20 Å². The van der Waals surface area contributed by atoms with Crippen molar-refractivity contribution in [2.24, 2.45) is 0 Å². The summed E-state index contributed by atoms with van der Waals surface area (Å²) in [7, 11) is 0. The third kappa shape index (κ3) is 2.95. The molecule has 0 saturated carbocycles. The zero-order valence-corrected chi connectivity index (χ0v) is 11.7. The molecule has 2 heterocycles. The Morgan fingerprint density at radius 1 is 1.29 bits per heavy atom. The van der Waals surface area contributed by atoms with Crippen LogP contribution in [0.25, 0.3) is 10.9 Å². The molecule has 0 radical (unpaired) electrons. The third-order valence-electron chi connectivity index (χ3n) is 3.88. The van der Waals surface area contributed by atoms with Crippen LogP contribution in [0.5, 0.6) is 0 Å². The van der Waals surface area contributed by atoms with Crippen molar-refractivity contribution >= 4 is 22.3 Å². The van der Waals surface area contributed by atoms with Gasteiger partial charge in [-0.2, -0.15) is 0 Å². The van der Waals surface area contributed by atoms with E-state index in [2.05, 4.69) is 15.6 Å². The molecule has 110 valence electrons. The number of pyridine rings is 1. The van der Waals surface area contributed by atoms with Crippen LogP contribution in [0.2, 0.25) is 0 Å². The highest BCUT2D eigenvalue weighted by molar-refractivity contribution is 5.95. The molecule has 1 atom stereocenters. The second kappa shape index (κ2) is 6.05. The molecule has 0 amide bonds. The van der Waals surface area contributed by atoms with Crippen LogP contribution in [0.1, 0.15) is 19.3 Å². The number of rotatable bonds is 3. The minimum absolute atomic E-state index is 0.0471. The van der Waals surface area contributed by atoms with E-state index in [9.17, 15) is 10.1 Å². The van der Waals surface area contributed by atoms with Crippen molar-refractivity contribution in [2.45, 2.75) is 25.3 Å². The van der Waals surface area contributed by atoms with Gasteiger partial charge in [0.15, 0.2) is 0 Å². The number of para-hydroxylation sites is 1. The van der Waals surface area contributed by atoms with Gasteiger partial charge >= 0.3 is 5.69 Å². The Morgan fingerprint density at radius 2 is 2.14 bits per heavy atom. The number of nitro groups is 1. The normalized spacial score (nSPS) is 19.1. The fourth-order valence-corrected chi connectivity index (χ4v) is 2.79. The Bertz CT molecular complexity index is 651. The van der Waals surface area contributed by atoms with Gasteiger partial charge in [0.1, 0.15) is 11.9 Å². The quantitative estimate of drug-likeness (QED) is 0.670. The van der Waals surface area contributed by atoms with Gasteiger partial charge in [0.2, 0.25) is 0 Å². The van der Waals surface area contributed by atoms with Gasteiger partial charge in [0.05, 0.1) is 10.4 Å². The lowest BCUT2D eigenvalue weighted by Crippen LogP contribution is -2.22. The summed E-state index contributed by atoms with van der Waals surface area (Å²) in [5.41, 5.74) is 1.42. The van der Waals surface area contributed by atoms with Crippen molar-refractivity contribution in [3.8, 4) is 0 Å².